The molecule has 1 atom stereocenters. The first kappa shape index (κ1) is 16.3. The van der Waals surface area contributed by atoms with Gasteiger partial charge in [-0.1, -0.05) is 36.4 Å². The van der Waals surface area contributed by atoms with E-state index in [1.165, 1.54) is 6.07 Å². The fourth-order valence-electron chi connectivity index (χ4n) is 3.15. The molecule has 1 aromatic heterocycles. The van der Waals surface area contributed by atoms with Crippen LogP contribution in [0.15, 0.2) is 54.6 Å². The lowest BCUT2D eigenvalue weighted by Crippen LogP contribution is -2.21. The number of halogens is 1. The molecule has 0 saturated heterocycles. The predicted molar refractivity (Wildman–Crippen MR) is 95.0 cm³/mol. The number of rotatable bonds is 5. The molecule has 1 fully saturated rings. The van der Waals surface area contributed by atoms with Gasteiger partial charge in [0.25, 0.3) is 0 Å². The highest BCUT2D eigenvalue weighted by Gasteiger charge is 2.35. The van der Waals surface area contributed by atoms with Crippen molar-refractivity contribution in [3.8, 4) is 6.07 Å². The number of hydrogen-bond acceptors (Lipinski definition) is 3. The average Bonchev–Trinajstić information content (AvgIpc) is 3.43. The maximum atomic E-state index is 14.1. The molecule has 3 aromatic rings. The number of aromatic nitrogens is 1. The monoisotopic (exact) mass is 348 g/mol. The number of carbonyl (C=O) groups excluding carboxylic acids is 1. The molecule has 130 valence electrons. The molecule has 26 heavy (non-hydrogen) atoms. The van der Waals surface area contributed by atoms with Crippen LogP contribution in [0.25, 0.3) is 10.9 Å². The third kappa shape index (κ3) is 3.06. The van der Waals surface area contributed by atoms with E-state index >= 15 is 0 Å². The minimum absolute atomic E-state index is 0.133. The van der Waals surface area contributed by atoms with Crippen molar-refractivity contribution in [2.24, 2.45) is 5.92 Å². The highest BCUT2D eigenvalue weighted by atomic mass is 19.1. The highest BCUT2D eigenvalue weighted by Crippen LogP contribution is 2.34. The van der Waals surface area contributed by atoms with Gasteiger partial charge in [0.15, 0.2) is 6.10 Å². The quantitative estimate of drug-likeness (QED) is 0.647. The molecular formula is C21H17FN2O2. The van der Waals surface area contributed by atoms with Crippen molar-refractivity contribution in [2.45, 2.75) is 25.5 Å². The number of esters is 1. The Morgan fingerprint density at radius 3 is 2.69 bits per heavy atom. The van der Waals surface area contributed by atoms with Crippen molar-refractivity contribution in [1.29, 1.82) is 5.26 Å². The zero-order valence-corrected chi connectivity index (χ0v) is 14.1. The molecular weight excluding hydrogens is 331 g/mol. The Kier molecular flexibility index (Phi) is 4.18. The Bertz CT molecular complexity index is 1010. The van der Waals surface area contributed by atoms with E-state index in [4.69, 9.17) is 4.74 Å². The van der Waals surface area contributed by atoms with E-state index in [9.17, 15) is 14.4 Å². The molecule has 0 bridgehead atoms. The maximum absolute atomic E-state index is 14.1. The molecule has 1 aliphatic rings. The first-order valence-electron chi connectivity index (χ1n) is 8.59. The largest absolute Gasteiger partial charge is 0.442 e. The highest BCUT2D eigenvalue weighted by molar-refractivity contribution is 5.96. The number of fused-ring (bicyclic) bond motifs is 1. The molecule has 0 aliphatic heterocycles. The van der Waals surface area contributed by atoms with Gasteiger partial charge < -0.3 is 9.30 Å². The van der Waals surface area contributed by atoms with Crippen LogP contribution >= 0.6 is 0 Å². The maximum Gasteiger partial charge on any atom is 0.356 e. The molecule has 0 amide bonds. The zero-order valence-electron chi connectivity index (χ0n) is 14.1. The summed E-state index contributed by atoms with van der Waals surface area (Å²) in [5.41, 5.74) is 1.64. The van der Waals surface area contributed by atoms with Crippen LogP contribution < -0.4 is 0 Å². The SMILES string of the molecule is N#C[C@@H](OC(=O)c1cc2ccccc2n1Cc1ccccc1F)C1CC1. The van der Waals surface area contributed by atoms with Gasteiger partial charge in [0.05, 0.1) is 6.54 Å². The van der Waals surface area contributed by atoms with E-state index < -0.39 is 12.1 Å². The number of benzene rings is 2. The Morgan fingerprint density at radius 1 is 1.23 bits per heavy atom. The topological polar surface area (TPSA) is 55.0 Å². The molecule has 1 saturated carbocycles. The van der Waals surface area contributed by atoms with Gasteiger partial charge in [-0.2, -0.15) is 5.26 Å². The number of nitriles is 1. The molecule has 0 unspecified atom stereocenters. The van der Waals surface area contributed by atoms with Crippen molar-refractivity contribution >= 4 is 16.9 Å². The number of ether oxygens (including phenoxy) is 1. The summed E-state index contributed by atoms with van der Waals surface area (Å²) in [6.07, 6.45) is 1.09. The molecule has 1 aliphatic carbocycles. The second-order valence-corrected chi connectivity index (χ2v) is 6.56. The Labute approximate surface area is 150 Å². The van der Waals surface area contributed by atoms with Crippen LogP contribution in [-0.2, 0) is 11.3 Å². The van der Waals surface area contributed by atoms with Crippen LogP contribution in [0.5, 0.6) is 0 Å². The van der Waals surface area contributed by atoms with Crippen LogP contribution in [0.3, 0.4) is 0 Å². The smallest absolute Gasteiger partial charge is 0.356 e. The average molecular weight is 348 g/mol. The summed E-state index contributed by atoms with van der Waals surface area (Å²) in [4.78, 5) is 12.7. The van der Waals surface area contributed by atoms with Gasteiger partial charge in [-0.05, 0) is 31.0 Å². The summed E-state index contributed by atoms with van der Waals surface area (Å²) in [5.74, 6) is -0.734. The van der Waals surface area contributed by atoms with Crippen molar-refractivity contribution in [3.63, 3.8) is 0 Å². The lowest BCUT2D eigenvalue weighted by molar-refractivity contribution is 0.0358. The predicted octanol–water partition coefficient (Wildman–Crippen LogP) is 4.29. The first-order valence-corrected chi connectivity index (χ1v) is 8.59. The fraction of sp³-hybridized carbons (Fsp3) is 0.238. The lowest BCUT2D eigenvalue weighted by Gasteiger charge is -2.13. The summed E-state index contributed by atoms with van der Waals surface area (Å²) in [6, 6.07) is 17.8. The van der Waals surface area contributed by atoms with Crippen LogP contribution in [0.2, 0.25) is 0 Å². The van der Waals surface area contributed by atoms with Gasteiger partial charge in [-0.3, -0.25) is 0 Å². The van der Waals surface area contributed by atoms with E-state index in [-0.39, 0.29) is 18.3 Å². The van der Waals surface area contributed by atoms with Crippen molar-refractivity contribution in [1.82, 2.24) is 4.57 Å². The van der Waals surface area contributed by atoms with Crippen molar-refractivity contribution in [2.75, 3.05) is 0 Å². The van der Waals surface area contributed by atoms with Gasteiger partial charge in [0.2, 0.25) is 0 Å². The molecule has 4 nitrogen and oxygen atoms in total. The summed E-state index contributed by atoms with van der Waals surface area (Å²) in [6.45, 7) is 0.214. The van der Waals surface area contributed by atoms with E-state index in [0.717, 1.165) is 23.7 Å². The standard InChI is InChI=1S/C21H17FN2O2/c22-17-7-3-1-6-16(17)13-24-18-8-4-2-5-15(18)11-19(24)21(25)26-20(12-23)14-9-10-14/h1-8,11,14,20H,9-10,13H2/t20-/m1/s1. The second-order valence-electron chi connectivity index (χ2n) is 6.56. The molecule has 5 heteroatoms. The second kappa shape index (κ2) is 6.64. The van der Waals surface area contributed by atoms with Crippen LogP contribution in [0.4, 0.5) is 4.39 Å². The molecule has 0 spiro atoms. The molecule has 4 rings (SSSR count). The van der Waals surface area contributed by atoms with Crippen LogP contribution in [-0.4, -0.2) is 16.6 Å². The van der Waals surface area contributed by atoms with E-state index in [1.54, 1.807) is 28.8 Å². The Morgan fingerprint density at radius 2 is 1.96 bits per heavy atom. The third-order valence-electron chi connectivity index (χ3n) is 4.72. The summed E-state index contributed by atoms with van der Waals surface area (Å²) in [7, 11) is 0. The van der Waals surface area contributed by atoms with Crippen molar-refractivity contribution in [3.05, 3.63) is 71.7 Å². The van der Waals surface area contributed by atoms with Gasteiger partial charge in [-0.25, -0.2) is 9.18 Å². The Hall–Kier alpha value is -3.13. The molecule has 2 aromatic carbocycles. The minimum atomic E-state index is -0.720. The number of hydrogen-bond donors (Lipinski definition) is 0. The summed E-state index contributed by atoms with van der Waals surface area (Å²) < 4.78 is 21.3. The minimum Gasteiger partial charge on any atom is -0.442 e. The van der Waals surface area contributed by atoms with Crippen LogP contribution in [0, 0.1) is 23.1 Å². The first-order chi connectivity index (χ1) is 12.7. The summed E-state index contributed by atoms with van der Waals surface area (Å²) >= 11 is 0. The van der Waals surface area contributed by atoms with Gasteiger partial charge in [-0.15, -0.1) is 0 Å². The lowest BCUT2D eigenvalue weighted by atomic mass is 10.2. The number of nitrogens with zero attached hydrogens (tertiary/aromatic N) is 2. The molecule has 0 N–H and O–H groups in total. The Balaban J connectivity index is 1.73. The fourth-order valence-corrected chi connectivity index (χ4v) is 3.15. The van der Waals surface area contributed by atoms with Gasteiger partial charge in [0.1, 0.15) is 17.6 Å². The normalized spacial score (nSPS) is 14.8. The van der Waals surface area contributed by atoms with Crippen LogP contribution in [0.1, 0.15) is 28.9 Å². The zero-order chi connectivity index (χ0) is 18.1. The number of carbonyl (C=O) groups is 1. The van der Waals surface area contributed by atoms with E-state index in [2.05, 4.69) is 6.07 Å². The van der Waals surface area contributed by atoms with Crippen molar-refractivity contribution < 1.29 is 13.9 Å². The van der Waals surface area contributed by atoms with Gasteiger partial charge in [0, 0.05) is 22.4 Å². The number of para-hydroxylation sites is 1. The molecule has 1 heterocycles. The molecule has 0 radical (unpaired) electrons. The van der Waals surface area contributed by atoms with E-state index in [0.29, 0.717) is 11.3 Å². The van der Waals surface area contributed by atoms with E-state index in [1.807, 2.05) is 24.3 Å². The third-order valence-corrected chi connectivity index (χ3v) is 4.72. The van der Waals surface area contributed by atoms with Gasteiger partial charge >= 0.3 is 5.97 Å². The summed E-state index contributed by atoms with van der Waals surface area (Å²) in [5, 5.41) is 10.1.